The Balaban J connectivity index is 1.66. The number of ether oxygens (including phenoxy) is 1. The van der Waals surface area contributed by atoms with Crippen LogP contribution < -0.4 is 15.4 Å². The van der Waals surface area contributed by atoms with E-state index in [-0.39, 0.29) is 11.8 Å². The Morgan fingerprint density at radius 3 is 2.54 bits per heavy atom. The van der Waals surface area contributed by atoms with E-state index in [0.717, 1.165) is 11.1 Å². The number of hydrogen-bond acceptors (Lipinski definition) is 4. The molecule has 1 aromatic heterocycles. The second-order valence-electron chi connectivity index (χ2n) is 6.28. The van der Waals surface area contributed by atoms with E-state index in [2.05, 4.69) is 15.6 Å². The van der Waals surface area contributed by atoms with Crippen molar-refractivity contribution in [2.24, 2.45) is 0 Å². The molecule has 0 radical (unpaired) electrons. The van der Waals surface area contributed by atoms with Crippen LogP contribution in [0.4, 0.5) is 5.69 Å². The highest BCUT2D eigenvalue weighted by molar-refractivity contribution is 6.04. The highest BCUT2D eigenvalue weighted by Crippen LogP contribution is 2.20. The monoisotopic (exact) mass is 375 g/mol. The molecule has 2 N–H and O–H groups in total. The second kappa shape index (κ2) is 8.81. The van der Waals surface area contributed by atoms with E-state index in [0.29, 0.717) is 29.1 Å². The number of methoxy groups -OCH3 is 1. The molecule has 0 aliphatic rings. The Morgan fingerprint density at radius 1 is 1.00 bits per heavy atom. The molecule has 2 aromatic carbocycles. The lowest BCUT2D eigenvalue weighted by Gasteiger charge is -2.11. The zero-order valence-electron chi connectivity index (χ0n) is 15.7. The summed E-state index contributed by atoms with van der Waals surface area (Å²) in [5.74, 6) is 0.0984. The molecule has 0 fully saturated rings. The van der Waals surface area contributed by atoms with Crippen LogP contribution in [0.2, 0.25) is 0 Å². The number of aromatic nitrogens is 1. The maximum atomic E-state index is 12.5. The third kappa shape index (κ3) is 4.73. The summed E-state index contributed by atoms with van der Waals surface area (Å²) in [4.78, 5) is 28.7. The molecule has 6 nitrogen and oxygen atoms in total. The van der Waals surface area contributed by atoms with Crippen molar-refractivity contribution in [2.45, 2.75) is 13.5 Å². The zero-order chi connectivity index (χ0) is 19.9. The summed E-state index contributed by atoms with van der Waals surface area (Å²) in [6.45, 7) is 2.25. The molecular formula is C22H21N3O3. The first-order valence-electron chi connectivity index (χ1n) is 8.80. The van der Waals surface area contributed by atoms with Gasteiger partial charge in [-0.05, 0) is 48.9 Å². The van der Waals surface area contributed by atoms with Gasteiger partial charge < -0.3 is 15.4 Å². The number of hydrogen-bond donors (Lipinski definition) is 2. The van der Waals surface area contributed by atoms with Gasteiger partial charge in [0.15, 0.2) is 0 Å². The molecule has 0 bridgehead atoms. The summed E-state index contributed by atoms with van der Waals surface area (Å²) in [7, 11) is 1.54. The molecule has 1 heterocycles. The van der Waals surface area contributed by atoms with Gasteiger partial charge in [0.2, 0.25) is 0 Å². The predicted molar refractivity (Wildman–Crippen MR) is 108 cm³/mol. The fourth-order valence-corrected chi connectivity index (χ4v) is 2.74. The number of pyridine rings is 1. The maximum absolute atomic E-state index is 12.5. The van der Waals surface area contributed by atoms with Crippen LogP contribution in [0.3, 0.4) is 0 Å². The van der Waals surface area contributed by atoms with Gasteiger partial charge in [-0.1, -0.05) is 23.8 Å². The van der Waals surface area contributed by atoms with Gasteiger partial charge in [-0.3, -0.25) is 14.6 Å². The van der Waals surface area contributed by atoms with Gasteiger partial charge in [0.05, 0.1) is 12.7 Å². The first-order valence-corrected chi connectivity index (χ1v) is 8.80. The minimum Gasteiger partial charge on any atom is -0.496 e. The quantitative estimate of drug-likeness (QED) is 0.690. The summed E-state index contributed by atoms with van der Waals surface area (Å²) in [6, 6.07) is 16.1. The van der Waals surface area contributed by atoms with Crippen molar-refractivity contribution < 1.29 is 14.3 Å². The molecule has 0 aliphatic heterocycles. The van der Waals surface area contributed by atoms with Gasteiger partial charge in [0, 0.05) is 30.2 Å². The van der Waals surface area contributed by atoms with E-state index in [1.165, 1.54) is 7.11 Å². The van der Waals surface area contributed by atoms with Gasteiger partial charge in [0.1, 0.15) is 5.75 Å². The Bertz CT molecular complexity index is 987. The molecule has 0 spiro atoms. The normalized spacial score (nSPS) is 10.2. The van der Waals surface area contributed by atoms with Gasteiger partial charge >= 0.3 is 0 Å². The molecule has 0 unspecified atom stereocenters. The Labute approximate surface area is 163 Å². The van der Waals surface area contributed by atoms with E-state index >= 15 is 0 Å². The van der Waals surface area contributed by atoms with Crippen molar-refractivity contribution in [1.82, 2.24) is 10.3 Å². The molecule has 0 aliphatic carbocycles. The van der Waals surface area contributed by atoms with Crippen LogP contribution in [0.15, 0.2) is 67.0 Å². The molecule has 142 valence electrons. The largest absolute Gasteiger partial charge is 0.496 e. The van der Waals surface area contributed by atoms with Crippen molar-refractivity contribution in [3.05, 3.63) is 89.2 Å². The predicted octanol–water partition coefficient (Wildman–Crippen LogP) is 3.58. The van der Waals surface area contributed by atoms with E-state index < -0.39 is 0 Å². The SMILES string of the molecule is COc1ccc(C)cc1C(=O)NCc1cccc(NC(=O)c2ccncc2)c1. The van der Waals surface area contributed by atoms with E-state index in [1.54, 1.807) is 42.7 Å². The van der Waals surface area contributed by atoms with Gasteiger partial charge in [0.25, 0.3) is 11.8 Å². The average molecular weight is 375 g/mol. The summed E-state index contributed by atoms with van der Waals surface area (Å²) < 4.78 is 5.27. The number of nitrogens with zero attached hydrogens (tertiary/aromatic N) is 1. The smallest absolute Gasteiger partial charge is 0.255 e. The van der Waals surface area contributed by atoms with Crippen LogP contribution in [0.5, 0.6) is 5.75 Å². The zero-order valence-corrected chi connectivity index (χ0v) is 15.7. The number of amides is 2. The lowest BCUT2D eigenvalue weighted by Crippen LogP contribution is -2.23. The fourth-order valence-electron chi connectivity index (χ4n) is 2.74. The summed E-state index contributed by atoms with van der Waals surface area (Å²) >= 11 is 0. The van der Waals surface area contributed by atoms with Crippen LogP contribution in [0.25, 0.3) is 0 Å². The molecule has 0 saturated heterocycles. The summed E-state index contributed by atoms with van der Waals surface area (Å²) in [5, 5.41) is 5.73. The Kier molecular flexibility index (Phi) is 6.01. The fraction of sp³-hybridized carbons (Fsp3) is 0.136. The number of benzene rings is 2. The van der Waals surface area contributed by atoms with Crippen LogP contribution in [-0.4, -0.2) is 23.9 Å². The number of anilines is 1. The van der Waals surface area contributed by atoms with Crippen LogP contribution in [-0.2, 0) is 6.54 Å². The molecule has 0 saturated carbocycles. The summed E-state index contributed by atoms with van der Waals surface area (Å²) in [5.41, 5.74) is 3.52. The molecule has 0 atom stereocenters. The minimum atomic E-state index is -0.216. The van der Waals surface area contributed by atoms with Crippen molar-refractivity contribution >= 4 is 17.5 Å². The van der Waals surface area contributed by atoms with Crippen molar-refractivity contribution in [3.8, 4) is 5.75 Å². The first-order chi connectivity index (χ1) is 13.6. The minimum absolute atomic E-state index is 0.215. The number of rotatable bonds is 6. The summed E-state index contributed by atoms with van der Waals surface area (Å²) in [6.07, 6.45) is 3.14. The van der Waals surface area contributed by atoms with E-state index in [4.69, 9.17) is 4.74 Å². The van der Waals surface area contributed by atoms with Gasteiger partial charge in [-0.25, -0.2) is 0 Å². The number of nitrogens with one attached hydrogen (secondary N) is 2. The first kappa shape index (κ1) is 19.1. The lowest BCUT2D eigenvalue weighted by molar-refractivity contribution is 0.0946. The lowest BCUT2D eigenvalue weighted by atomic mass is 10.1. The third-order valence-electron chi connectivity index (χ3n) is 4.18. The van der Waals surface area contributed by atoms with Crippen LogP contribution in [0, 0.1) is 6.92 Å². The Morgan fingerprint density at radius 2 is 1.79 bits per heavy atom. The number of aryl methyl sites for hydroxylation is 1. The van der Waals surface area contributed by atoms with Crippen molar-refractivity contribution in [3.63, 3.8) is 0 Å². The van der Waals surface area contributed by atoms with Gasteiger partial charge in [-0.2, -0.15) is 0 Å². The third-order valence-corrected chi connectivity index (χ3v) is 4.18. The second-order valence-corrected chi connectivity index (χ2v) is 6.28. The molecular weight excluding hydrogens is 354 g/mol. The van der Waals surface area contributed by atoms with Crippen LogP contribution >= 0.6 is 0 Å². The number of carbonyl (C=O) groups is 2. The van der Waals surface area contributed by atoms with E-state index in [9.17, 15) is 9.59 Å². The molecule has 3 rings (SSSR count). The van der Waals surface area contributed by atoms with Crippen molar-refractivity contribution in [1.29, 1.82) is 0 Å². The average Bonchev–Trinajstić information content (AvgIpc) is 2.73. The van der Waals surface area contributed by atoms with E-state index in [1.807, 2.05) is 31.2 Å². The topological polar surface area (TPSA) is 80.3 Å². The molecule has 3 aromatic rings. The molecule has 28 heavy (non-hydrogen) atoms. The Hall–Kier alpha value is -3.67. The molecule has 2 amide bonds. The maximum Gasteiger partial charge on any atom is 0.255 e. The number of carbonyl (C=O) groups excluding carboxylic acids is 2. The standard InChI is InChI=1S/C22H21N3O3/c1-15-6-7-20(28-2)19(12-15)22(27)24-14-16-4-3-5-18(13-16)25-21(26)17-8-10-23-11-9-17/h3-13H,14H2,1-2H3,(H,24,27)(H,25,26). The molecule has 6 heteroatoms. The highest BCUT2D eigenvalue weighted by Gasteiger charge is 2.12. The van der Waals surface area contributed by atoms with Gasteiger partial charge in [-0.15, -0.1) is 0 Å². The van der Waals surface area contributed by atoms with Crippen LogP contribution in [0.1, 0.15) is 31.8 Å². The van der Waals surface area contributed by atoms with Crippen molar-refractivity contribution in [2.75, 3.05) is 12.4 Å². The highest BCUT2D eigenvalue weighted by atomic mass is 16.5.